The number of aromatic nitrogens is 2. The van der Waals surface area contributed by atoms with Gasteiger partial charge in [0.05, 0.1) is 43.4 Å². The van der Waals surface area contributed by atoms with E-state index in [0.717, 1.165) is 96.1 Å². The van der Waals surface area contributed by atoms with Crippen molar-refractivity contribution in [2.24, 2.45) is 11.8 Å². The number of carbonyl (C=O) groups is 6. The lowest BCUT2D eigenvalue weighted by atomic mass is 9.82. The number of H-pyrrole nitrogens is 1. The molecule has 90 heavy (non-hydrogen) atoms. The molecular weight excluding hydrogens is 1150 g/mol. The van der Waals surface area contributed by atoms with Crippen molar-refractivity contribution >= 4 is 46.4 Å². The SMILES string of the molecule is CCOc1cc(OC)ccc1CN(CC(=O)N1CCCC(c2cccc(C(=O)N[C@@H](C(=O)N3CCC(CN4CCN(CC(=O)N5CCN(C(=O)c6cc(Cc7n[nH]c(=O)c8ccccc78)ccc6F)CC5)CC4)CC3)C3CCCCC3)c2)C1)C(=O)OC(C)(C)C. The highest BCUT2D eigenvalue weighted by atomic mass is 19.1. The molecule has 6 amide bonds. The van der Waals surface area contributed by atoms with Crippen molar-refractivity contribution in [3.05, 3.63) is 135 Å². The summed E-state index contributed by atoms with van der Waals surface area (Å²) in [5, 5.41) is 11.2. The predicted octanol–water partition coefficient (Wildman–Crippen LogP) is 7.72. The third-order valence-electron chi connectivity index (χ3n) is 18.6. The molecule has 1 saturated carbocycles. The first-order chi connectivity index (χ1) is 43.4. The molecule has 0 bridgehead atoms. The molecule has 5 fully saturated rings. The number of aromatic amines is 1. The van der Waals surface area contributed by atoms with Crippen LogP contribution in [-0.4, -0.2) is 204 Å². The molecule has 0 spiro atoms. The quantitative estimate of drug-likeness (QED) is 0.0812. The van der Waals surface area contributed by atoms with Crippen LogP contribution in [0.3, 0.4) is 0 Å². The normalized spacial score (nSPS) is 18.7. The van der Waals surface area contributed by atoms with E-state index in [1.807, 2.05) is 48.2 Å². The Balaban J connectivity index is 0.672. The van der Waals surface area contributed by atoms with Crippen LogP contribution in [0.1, 0.15) is 135 Å². The van der Waals surface area contributed by atoms with Gasteiger partial charge in [0.1, 0.15) is 35.5 Å². The molecule has 21 heteroatoms. The Hall–Kier alpha value is -7.91. The molecule has 5 aliphatic rings. The molecule has 4 aliphatic heterocycles. The van der Waals surface area contributed by atoms with E-state index in [0.29, 0.717) is 123 Å². The Morgan fingerprint density at radius 2 is 1.46 bits per heavy atom. The van der Waals surface area contributed by atoms with Crippen LogP contribution in [0.25, 0.3) is 10.8 Å². The van der Waals surface area contributed by atoms with Gasteiger partial charge in [-0.15, -0.1) is 0 Å². The van der Waals surface area contributed by atoms with E-state index in [1.165, 1.54) is 11.0 Å². The smallest absolute Gasteiger partial charge is 0.411 e. The molecule has 482 valence electrons. The maximum Gasteiger partial charge on any atom is 0.411 e. The van der Waals surface area contributed by atoms with Gasteiger partial charge in [-0.3, -0.25) is 38.6 Å². The number of nitrogens with one attached hydrogen (secondary N) is 2. The van der Waals surface area contributed by atoms with Gasteiger partial charge in [-0.1, -0.05) is 55.7 Å². The van der Waals surface area contributed by atoms with Crippen molar-refractivity contribution in [2.75, 3.05) is 112 Å². The maximum atomic E-state index is 15.2. The van der Waals surface area contributed by atoms with Gasteiger partial charge in [0.2, 0.25) is 17.7 Å². The van der Waals surface area contributed by atoms with Crippen LogP contribution in [0.15, 0.2) is 89.7 Å². The summed E-state index contributed by atoms with van der Waals surface area (Å²) in [5.74, 6) is 0.0671. The lowest BCUT2D eigenvalue weighted by Gasteiger charge is -2.41. The Morgan fingerprint density at radius 1 is 0.733 bits per heavy atom. The number of halogens is 1. The summed E-state index contributed by atoms with van der Waals surface area (Å²) in [6, 6.07) is 24.0. The molecule has 2 atom stereocenters. The van der Waals surface area contributed by atoms with Gasteiger partial charge < -0.3 is 44.0 Å². The van der Waals surface area contributed by atoms with Crippen molar-refractivity contribution in [1.29, 1.82) is 0 Å². The minimum absolute atomic E-state index is 0.00889. The second-order valence-electron chi connectivity index (χ2n) is 26.0. The summed E-state index contributed by atoms with van der Waals surface area (Å²) in [5.41, 5.74) is 2.33. The molecular formula is C69H89FN10O10. The van der Waals surface area contributed by atoms with Crippen LogP contribution in [0.2, 0.25) is 0 Å². The van der Waals surface area contributed by atoms with E-state index >= 15 is 4.39 Å². The van der Waals surface area contributed by atoms with Crippen molar-refractivity contribution < 1.29 is 47.4 Å². The van der Waals surface area contributed by atoms with E-state index in [9.17, 15) is 33.6 Å². The zero-order chi connectivity index (χ0) is 63.5. The van der Waals surface area contributed by atoms with Gasteiger partial charge >= 0.3 is 6.09 Å². The van der Waals surface area contributed by atoms with Gasteiger partial charge in [-0.25, -0.2) is 14.3 Å². The maximum absolute atomic E-state index is 15.2. The molecule has 1 aliphatic carbocycles. The molecule has 5 aromatic rings. The fourth-order valence-corrected chi connectivity index (χ4v) is 13.5. The topological polar surface area (TPSA) is 211 Å². The number of hydrogen-bond donors (Lipinski definition) is 2. The van der Waals surface area contributed by atoms with Gasteiger partial charge in [0.15, 0.2) is 0 Å². The number of fused-ring (bicyclic) bond motifs is 1. The first kappa shape index (κ1) is 65.1. The fraction of sp³-hybridized carbons (Fsp3) is 0.536. The number of methoxy groups -OCH3 is 1. The Morgan fingerprint density at radius 3 is 2.18 bits per heavy atom. The van der Waals surface area contributed by atoms with Crippen LogP contribution in [0, 0.1) is 17.7 Å². The summed E-state index contributed by atoms with van der Waals surface area (Å²) in [7, 11) is 1.58. The Bertz CT molecular complexity index is 3420. The minimum Gasteiger partial charge on any atom is -0.497 e. The molecule has 2 N–H and O–H groups in total. The van der Waals surface area contributed by atoms with Crippen LogP contribution in [0.5, 0.6) is 11.5 Å². The Kier molecular flexibility index (Phi) is 21.5. The summed E-state index contributed by atoms with van der Waals surface area (Å²) >= 11 is 0. The highest BCUT2D eigenvalue weighted by molar-refractivity contribution is 5.98. The highest BCUT2D eigenvalue weighted by Gasteiger charge is 2.38. The molecule has 20 nitrogen and oxygen atoms in total. The number of hydrogen-bond acceptors (Lipinski definition) is 13. The number of ether oxygens (including phenoxy) is 3. The standard InChI is InChI=1S/C69H89FN10O10/c1-6-89-60-41-54(88-5)23-22-53(60)44-80(68(87)90-69(2,3)4)46-62(82)79-27-13-18-52(43-79)50-16-12-17-51(40-50)64(83)71-63(49-14-8-7-9-15-49)67(86)77-28-25-47(26-29-77)42-74-30-32-75(33-31-74)45-61(81)76-34-36-78(37-35-76)66(85)57-38-48(21-24-58(57)70)39-59-55-19-10-11-20-56(55)65(84)73-72-59/h10-12,16-17,19-24,38,40-41,47,49,52,63H,6-9,13-15,18,25-37,39,42-46H2,1-5H3,(H,71,83)(H,73,84)/t52?,63-/m1/s1. The first-order valence-electron chi connectivity index (χ1n) is 32.4. The average molecular weight is 1240 g/mol. The van der Waals surface area contributed by atoms with Crippen LogP contribution < -0.4 is 20.3 Å². The average Bonchev–Trinajstić information content (AvgIpc) is 1.33. The highest BCUT2D eigenvalue weighted by Crippen LogP contribution is 2.33. The number of piperidine rings is 2. The second kappa shape index (κ2) is 29.8. The third-order valence-corrected chi connectivity index (χ3v) is 18.6. The second-order valence-corrected chi connectivity index (χ2v) is 26.0. The molecule has 5 heterocycles. The van der Waals surface area contributed by atoms with E-state index in [-0.39, 0.29) is 59.7 Å². The summed E-state index contributed by atoms with van der Waals surface area (Å²) in [6.07, 6.45) is 7.91. The van der Waals surface area contributed by atoms with Crippen molar-refractivity contribution in [3.63, 3.8) is 0 Å². The number of piperazine rings is 2. The van der Waals surface area contributed by atoms with Gasteiger partial charge in [-0.2, -0.15) is 5.10 Å². The summed E-state index contributed by atoms with van der Waals surface area (Å²) in [6.45, 7) is 15.5. The van der Waals surface area contributed by atoms with Crippen LogP contribution in [-0.2, 0) is 32.1 Å². The first-order valence-corrected chi connectivity index (χ1v) is 32.4. The number of likely N-dealkylation sites (tertiary alicyclic amines) is 2. The number of carbonyl (C=O) groups excluding carboxylic acids is 6. The third kappa shape index (κ3) is 16.5. The lowest BCUT2D eigenvalue weighted by molar-refractivity contribution is -0.137. The van der Waals surface area contributed by atoms with Crippen molar-refractivity contribution in [3.8, 4) is 11.5 Å². The van der Waals surface area contributed by atoms with Crippen LogP contribution in [0.4, 0.5) is 9.18 Å². The molecule has 1 unspecified atom stereocenters. The summed E-state index contributed by atoms with van der Waals surface area (Å²) < 4.78 is 32.3. The molecule has 10 rings (SSSR count). The Labute approximate surface area is 527 Å². The number of amides is 6. The van der Waals surface area contributed by atoms with E-state index in [4.69, 9.17) is 14.2 Å². The van der Waals surface area contributed by atoms with Gasteiger partial charge in [-0.05, 0) is 132 Å². The van der Waals surface area contributed by atoms with Crippen molar-refractivity contribution in [2.45, 2.75) is 116 Å². The van der Waals surface area contributed by atoms with Crippen molar-refractivity contribution in [1.82, 2.24) is 49.8 Å². The van der Waals surface area contributed by atoms with E-state index in [2.05, 4.69) is 25.3 Å². The number of benzene rings is 4. The van der Waals surface area contributed by atoms with Crippen LogP contribution >= 0.6 is 0 Å². The van der Waals surface area contributed by atoms with E-state index < -0.39 is 29.5 Å². The largest absolute Gasteiger partial charge is 0.497 e. The lowest BCUT2D eigenvalue weighted by Crippen LogP contribution is -2.55. The number of nitrogens with zero attached hydrogens (tertiary/aromatic N) is 8. The fourth-order valence-electron chi connectivity index (χ4n) is 13.5. The summed E-state index contributed by atoms with van der Waals surface area (Å²) in [4.78, 5) is 110. The molecule has 1 aromatic heterocycles. The van der Waals surface area contributed by atoms with Gasteiger partial charge in [0, 0.05) is 120 Å². The predicted molar refractivity (Wildman–Crippen MR) is 340 cm³/mol. The zero-order valence-corrected chi connectivity index (χ0v) is 53.0. The monoisotopic (exact) mass is 1240 g/mol. The van der Waals surface area contributed by atoms with Gasteiger partial charge in [0.25, 0.3) is 17.4 Å². The molecule has 4 saturated heterocycles. The number of rotatable bonds is 19. The zero-order valence-electron chi connectivity index (χ0n) is 53.0. The van der Waals surface area contributed by atoms with E-state index in [1.54, 1.807) is 85.0 Å². The molecule has 4 aromatic carbocycles. The minimum atomic E-state index is -0.783. The molecule has 0 radical (unpaired) electrons.